The molecule has 4 nitrogen and oxygen atoms in total. The van der Waals surface area contributed by atoms with Crippen LogP contribution < -0.4 is 0 Å². The lowest BCUT2D eigenvalue weighted by Crippen LogP contribution is -2.28. The first-order valence-electron chi connectivity index (χ1n) is 7.21. The van der Waals surface area contributed by atoms with Gasteiger partial charge in [-0.2, -0.15) is 13.2 Å². The quantitative estimate of drug-likeness (QED) is 0.669. The Morgan fingerprint density at radius 1 is 1.05 bits per heavy atom. The second-order valence-corrected chi connectivity index (χ2v) is 6.81. The lowest BCUT2D eigenvalue weighted by atomic mass is 9.80. The molecule has 0 radical (unpaired) electrons. The Balaban J connectivity index is 4.22. The summed E-state index contributed by atoms with van der Waals surface area (Å²) in [6.07, 6.45) is -4.31. The fraction of sp³-hybridized carbons (Fsp3) is 0.867. The summed E-state index contributed by atoms with van der Waals surface area (Å²) in [5.74, 6) is -1.72. The van der Waals surface area contributed by atoms with Crippen molar-refractivity contribution in [3.63, 3.8) is 0 Å². The highest BCUT2D eigenvalue weighted by Gasteiger charge is 2.30. The average molecular weight is 326 g/mol. The van der Waals surface area contributed by atoms with E-state index in [-0.39, 0.29) is 30.3 Å². The molecule has 0 aromatic heterocycles. The van der Waals surface area contributed by atoms with Crippen LogP contribution in [0.1, 0.15) is 47.5 Å². The van der Waals surface area contributed by atoms with Crippen molar-refractivity contribution in [1.82, 2.24) is 0 Å². The van der Waals surface area contributed by atoms with Gasteiger partial charge in [0.1, 0.15) is 6.61 Å². The van der Waals surface area contributed by atoms with E-state index in [0.29, 0.717) is 6.42 Å². The Labute approximate surface area is 129 Å². The number of esters is 2. The molecule has 0 bridgehead atoms. The Hall–Kier alpha value is -1.27. The van der Waals surface area contributed by atoms with Gasteiger partial charge in [-0.3, -0.25) is 9.59 Å². The van der Waals surface area contributed by atoms with Gasteiger partial charge in [-0.1, -0.05) is 34.6 Å². The zero-order valence-corrected chi connectivity index (χ0v) is 13.8. The van der Waals surface area contributed by atoms with Gasteiger partial charge < -0.3 is 9.47 Å². The Bertz CT molecular complexity index is 370. The highest BCUT2D eigenvalue weighted by atomic mass is 19.4. The van der Waals surface area contributed by atoms with Crippen LogP contribution in [0.4, 0.5) is 13.2 Å². The Morgan fingerprint density at radius 2 is 1.59 bits per heavy atom. The first-order chi connectivity index (χ1) is 9.82. The second kappa shape index (κ2) is 8.39. The van der Waals surface area contributed by atoms with Gasteiger partial charge in [0, 0.05) is 0 Å². The Morgan fingerprint density at radius 3 is 2.00 bits per heavy atom. The average Bonchev–Trinajstić information content (AvgIpc) is 2.31. The molecule has 1 atom stereocenters. The van der Waals surface area contributed by atoms with Gasteiger partial charge in [0.05, 0.1) is 12.3 Å². The summed E-state index contributed by atoms with van der Waals surface area (Å²) in [5.41, 5.74) is -0.0560. The van der Waals surface area contributed by atoms with Gasteiger partial charge in [0.2, 0.25) is 0 Å². The van der Waals surface area contributed by atoms with E-state index in [2.05, 4.69) is 4.74 Å². The van der Waals surface area contributed by atoms with Crippen LogP contribution >= 0.6 is 0 Å². The fourth-order valence-corrected chi connectivity index (χ4v) is 1.83. The molecule has 0 N–H and O–H groups in total. The van der Waals surface area contributed by atoms with Crippen LogP contribution in [0.3, 0.4) is 0 Å². The van der Waals surface area contributed by atoms with Crippen molar-refractivity contribution < 1.29 is 32.2 Å². The molecular weight excluding hydrogens is 301 g/mol. The molecule has 0 aromatic carbocycles. The SMILES string of the molecule is CC(C)C(CC(C)(C)C)C(=O)OCCC(=O)OCC(F)(F)F. The van der Waals surface area contributed by atoms with Gasteiger partial charge in [-0.25, -0.2) is 0 Å². The zero-order valence-electron chi connectivity index (χ0n) is 13.8. The summed E-state index contributed by atoms with van der Waals surface area (Å²) in [5, 5.41) is 0. The summed E-state index contributed by atoms with van der Waals surface area (Å²) in [4.78, 5) is 23.1. The molecule has 7 heteroatoms. The molecule has 22 heavy (non-hydrogen) atoms. The molecule has 0 heterocycles. The molecule has 0 saturated heterocycles. The maximum atomic E-state index is 12.0. The zero-order chi connectivity index (χ0) is 17.6. The third kappa shape index (κ3) is 10.5. The molecule has 0 saturated carbocycles. The highest BCUT2D eigenvalue weighted by molar-refractivity contribution is 5.74. The predicted molar refractivity (Wildman–Crippen MR) is 75.0 cm³/mol. The van der Waals surface area contributed by atoms with E-state index in [1.807, 2.05) is 34.6 Å². The minimum absolute atomic E-state index is 0.0560. The molecule has 0 aliphatic rings. The van der Waals surface area contributed by atoms with E-state index >= 15 is 0 Å². The van der Waals surface area contributed by atoms with E-state index in [0.717, 1.165) is 0 Å². The summed E-state index contributed by atoms with van der Waals surface area (Å²) >= 11 is 0. The number of halogens is 3. The number of ether oxygens (including phenoxy) is 2. The van der Waals surface area contributed by atoms with Crippen molar-refractivity contribution in [2.24, 2.45) is 17.3 Å². The van der Waals surface area contributed by atoms with Crippen molar-refractivity contribution in [2.45, 2.75) is 53.6 Å². The van der Waals surface area contributed by atoms with Crippen molar-refractivity contribution in [2.75, 3.05) is 13.2 Å². The molecule has 1 unspecified atom stereocenters. The predicted octanol–water partition coefficient (Wildman–Crippen LogP) is 3.73. The number of rotatable bonds is 7. The monoisotopic (exact) mass is 326 g/mol. The van der Waals surface area contributed by atoms with Gasteiger partial charge in [0.15, 0.2) is 6.61 Å². The Kier molecular flexibility index (Phi) is 7.90. The summed E-state index contributed by atoms with van der Waals surface area (Å²) in [6.45, 7) is 7.91. The van der Waals surface area contributed by atoms with E-state index in [9.17, 15) is 22.8 Å². The maximum Gasteiger partial charge on any atom is 0.422 e. The van der Waals surface area contributed by atoms with E-state index in [4.69, 9.17) is 4.74 Å². The molecule has 0 aliphatic heterocycles. The lowest BCUT2D eigenvalue weighted by Gasteiger charge is -2.27. The smallest absolute Gasteiger partial charge is 0.422 e. The number of carbonyl (C=O) groups excluding carboxylic acids is 2. The number of hydrogen-bond donors (Lipinski definition) is 0. The molecule has 130 valence electrons. The summed E-state index contributed by atoms with van der Waals surface area (Å²) in [7, 11) is 0. The van der Waals surface area contributed by atoms with Crippen LogP contribution in [-0.2, 0) is 19.1 Å². The van der Waals surface area contributed by atoms with Gasteiger partial charge >= 0.3 is 18.1 Å². The van der Waals surface area contributed by atoms with Crippen LogP contribution in [0, 0.1) is 17.3 Å². The number of alkyl halides is 3. The first-order valence-corrected chi connectivity index (χ1v) is 7.21. The minimum Gasteiger partial charge on any atom is -0.465 e. The normalized spacial score (nSPS) is 13.9. The third-order valence-corrected chi connectivity index (χ3v) is 2.89. The van der Waals surface area contributed by atoms with Gasteiger partial charge in [-0.15, -0.1) is 0 Å². The number of carbonyl (C=O) groups is 2. The molecule has 0 aromatic rings. The molecule has 0 fully saturated rings. The van der Waals surface area contributed by atoms with Crippen LogP contribution in [0.2, 0.25) is 0 Å². The van der Waals surface area contributed by atoms with Crippen LogP contribution in [0.15, 0.2) is 0 Å². The lowest BCUT2D eigenvalue weighted by molar-refractivity contribution is -0.187. The number of hydrogen-bond acceptors (Lipinski definition) is 4. The topological polar surface area (TPSA) is 52.6 Å². The summed E-state index contributed by atoms with van der Waals surface area (Å²) < 4.78 is 44.6. The van der Waals surface area contributed by atoms with Gasteiger partial charge in [-0.05, 0) is 17.8 Å². The molecule has 0 spiro atoms. The van der Waals surface area contributed by atoms with Gasteiger partial charge in [0.25, 0.3) is 0 Å². The van der Waals surface area contributed by atoms with E-state index in [1.54, 1.807) is 0 Å². The highest BCUT2D eigenvalue weighted by Crippen LogP contribution is 2.29. The summed E-state index contributed by atoms with van der Waals surface area (Å²) in [6, 6.07) is 0. The van der Waals surface area contributed by atoms with E-state index < -0.39 is 24.7 Å². The second-order valence-electron chi connectivity index (χ2n) is 6.81. The third-order valence-electron chi connectivity index (χ3n) is 2.89. The maximum absolute atomic E-state index is 12.0. The molecular formula is C15H25F3O4. The molecule has 0 rings (SSSR count). The fourth-order valence-electron chi connectivity index (χ4n) is 1.83. The van der Waals surface area contributed by atoms with Crippen molar-refractivity contribution >= 4 is 11.9 Å². The van der Waals surface area contributed by atoms with Crippen LogP contribution in [-0.4, -0.2) is 31.3 Å². The van der Waals surface area contributed by atoms with Crippen LogP contribution in [0.25, 0.3) is 0 Å². The van der Waals surface area contributed by atoms with Crippen molar-refractivity contribution in [3.05, 3.63) is 0 Å². The van der Waals surface area contributed by atoms with Crippen molar-refractivity contribution in [1.29, 1.82) is 0 Å². The van der Waals surface area contributed by atoms with Crippen LogP contribution in [0.5, 0.6) is 0 Å². The minimum atomic E-state index is -4.55. The van der Waals surface area contributed by atoms with Crippen molar-refractivity contribution in [3.8, 4) is 0 Å². The largest absolute Gasteiger partial charge is 0.465 e. The first kappa shape index (κ1) is 20.7. The molecule has 0 amide bonds. The standard InChI is InChI=1S/C15H25F3O4/c1-10(2)11(8-14(3,4)5)13(20)21-7-6-12(19)22-9-15(16,17)18/h10-11H,6-9H2,1-5H3. The molecule has 0 aliphatic carbocycles. The van der Waals surface area contributed by atoms with E-state index in [1.165, 1.54) is 0 Å².